The summed E-state index contributed by atoms with van der Waals surface area (Å²) >= 11 is 0. The fourth-order valence-electron chi connectivity index (χ4n) is 4.90. The summed E-state index contributed by atoms with van der Waals surface area (Å²) in [5, 5.41) is 1.12. The van der Waals surface area contributed by atoms with Crippen molar-refractivity contribution < 1.29 is 9.05 Å². The second-order valence-corrected chi connectivity index (χ2v) is 10.2. The van der Waals surface area contributed by atoms with E-state index in [9.17, 15) is 0 Å². The maximum atomic E-state index is 6.83. The zero-order valence-electron chi connectivity index (χ0n) is 19.9. The molecule has 0 saturated carbocycles. The van der Waals surface area contributed by atoms with E-state index in [0.717, 1.165) is 39.9 Å². The second-order valence-electron chi connectivity index (χ2n) is 8.87. The lowest BCUT2D eigenvalue weighted by Gasteiger charge is -2.29. The normalized spacial score (nSPS) is 14.3. The van der Waals surface area contributed by atoms with Gasteiger partial charge in [-0.05, 0) is 85.7 Å². The van der Waals surface area contributed by atoms with Crippen LogP contribution in [0.4, 0.5) is 0 Å². The van der Waals surface area contributed by atoms with Gasteiger partial charge in [-0.3, -0.25) is 0 Å². The molecular weight excluding hydrogens is 423 g/mol. The van der Waals surface area contributed by atoms with E-state index in [0.29, 0.717) is 0 Å². The number of para-hydroxylation sites is 1. The Morgan fingerprint density at radius 2 is 1.33 bits per heavy atom. The Hall–Kier alpha value is -3.09. The molecule has 1 unspecified atom stereocenters. The Kier molecular flexibility index (Phi) is 5.72. The van der Waals surface area contributed by atoms with Gasteiger partial charge < -0.3 is 9.05 Å². The van der Waals surface area contributed by atoms with Gasteiger partial charge in [-0.15, -0.1) is 0 Å². The molecule has 1 aliphatic rings. The molecule has 0 bridgehead atoms. The molecule has 0 spiro atoms. The Balaban J connectivity index is 1.66. The zero-order chi connectivity index (χ0) is 23.1. The molecule has 1 aliphatic heterocycles. The number of fused-ring (bicyclic) bond motifs is 3. The predicted octanol–water partition coefficient (Wildman–Crippen LogP) is 8.23. The van der Waals surface area contributed by atoms with Crippen LogP contribution in [-0.2, 0) is 6.42 Å². The molecule has 2 nitrogen and oxygen atoms in total. The molecular formula is C30H29O2P. The van der Waals surface area contributed by atoms with Gasteiger partial charge >= 0.3 is 8.38 Å². The summed E-state index contributed by atoms with van der Waals surface area (Å²) in [4.78, 5) is 0. The van der Waals surface area contributed by atoms with Crippen LogP contribution >= 0.6 is 8.38 Å². The molecule has 1 atom stereocenters. The van der Waals surface area contributed by atoms with Gasteiger partial charge in [-0.1, -0.05) is 67.1 Å². The second kappa shape index (κ2) is 8.69. The number of benzene rings is 4. The Morgan fingerprint density at radius 1 is 0.697 bits per heavy atom. The summed E-state index contributed by atoms with van der Waals surface area (Å²) in [5.74, 6) is 1.80. The van der Waals surface area contributed by atoms with Crippen LogP contribution in [0.25, 0.3) is 22.3 Å². The number of rotatable bonds is 4. The highest BCUT2D eigenvalue weighted by Crippen LogP contribution is 2.51. The smallest absolute Gasteiger partial charge is 0.326 e. The Morgan fingerprint density at radius 3 is 2.09 bits per heavy atom. The third kappa shape index (κ3) is 3.94. The average Bonchev–Trinajstić information content (AvgIpc) is 2.80. The minimum atomic E-state index is -1.31. The van der Waals surface area contributed by atoms with Gasteiger partial charge in [-0.25, -0.2) is 0 Å². The van der Waals surface area contributed by atoms with Gasteiger partial charge in [0, 0.05) is 11.1 Å². The molecule has 3 heteroatoms. The first-order chi connectivity index (χ1) is 16.0. The largest absolute Gasteiger partial charge is 0.435 e. The Labute approximate surface area is 198 Å². The minimum absolute atomic E-state index is 0.884. The van der Waals surface area contributed by atoms with Crippen molar-refractivity contribution in [3.63, 3.8) is 0 Å². The fraction of sp³-hybridized carbons (Fsp3) is 0.200. The fourth-order valence-corrected chi connectivity index (χ4v) is 6.48. The number of aryl methyl sites for hydroxylation is 4. The lowest BCUT2D eigenvalue weighted by Crippen LogP contribution is -2.17. The van der Waals surface area contributed by atoms with Crippen molar-refractivity contribution in [1.29, 1.82) is 0 Å². The van der Waals surface area contributed by atoms with Crippen molar-refractivity contribution in [2.75, 3.05) is 0 Å². The quantitative estimate of drug-likeness (QED) is 0.290. The predicted molar refractivity (Wildman–Crippen MR) is 140 cm³/mol. The summed E-state index contributed by atoms with van der Waals surface area (Å²) in [6.07, 6.45) is 0.981. The van der Waals surface area contributed by atoms with Crippen LogP contribution in [0.15, 0.2) is 72.8 Å². The van der Waals surface area contributed by atoms with Crippen molar-refractivity contribution in [2.24, 2.45) is 0 Å². The molecule has 0 aromatic heterocycles. The first-order valence-electron chi connectivity index (χ1n) is 11.5. The molecule has 0 aliphatic carbocycles. The molecule has 0 radical (unpaired) electrons. The summed E-state index contributed by atoms with van der Waals surface area (Å²) in [7, 11) is -1.31. The van der Waals surface area contributed by atoms with Gasteiger partial charge in [0.05, 0.1) is 5.30 Å². The first-order valence-corrected chi connectivity index (χ1v) is 12.7. The maximum absolute atomic E-state index is 6.83. The monoisotopic (exact) mass is 452 g/mol. The number of hydrogen-bond donors (Lipinski definition) is 0. The first kappa shape index (κ1) is 21.7. The van der Waals surface area contributed by atoms with Gasteiger partial charge in [-0.2, -0.15) is 0 Å². The molecule has 0 fully saturated rings. The minimum Gasteiger partial charge on any atom is -0.435 e. The van der Waals surface area contributed by atoms with E-state index in [1.807, 2.05) is 12.1 Å². The highest BCUT2D eigenvalue weighted by molar-refractivity contribution is 7.57. The van der Waals surface area contributed by atoms with Gasteiger partial charge in [0.1, 0.15) is 11.5 Å². The molecule has 0 N–H and O–H groups in total. The molecule has 1 heterocycles. The molecule has 33 heavy (non-hydrogen) atoms. The third-order valence-electron chi connectivity index (χ3n) is 6.31. The summed E-state index contributed by atoms with van der Waals surface area (Å²) in [6, 6.07) is 25.7. The molecule has 4 aromatic rings. The van der Waals surface area contributed by atoms with Crippen LogP contribution in [-0.4, -0.2) is 0 Å². The van der Waals surface area contributed by atoms with E-state index >= 15 is 0 Å². The van der Waals surface area contributed by atoms with E-state index in [-0.39, 0.29) is 0 Å². The van der Waals surface area contributed by atoms with E-state index in [4.69, 9.17) is 9.05 Å². The maximum Gasteiger partial charge on any atom is 0.326 e. The van der Waals surface area contributed by atoms with Crippen LogP contribution in [0.5, 0.6) is 11.5 Å². The van der Waals surface area contributed by atoms with Gasteiger partial charge in [0.15, 0.2) is 0 Å². The van der Waals surface area contributed by atoms with Crippen molar-refractivity contribution in [1.82, 2.24) is 0 Å². The lowest BCUT2D eigenvalue weighted by molar-refractivity contribution is 0.499. The summed E-state index contributed by atoms with van der Waals surface area (Å²) < 4.78 is 13.3. The van der Waals surface area contributed by atoms with E-state index in [1.165, 1.54) is 33.4 Å². The molecule has 0 amide bonds. The van der Waals surface area contributed by atoms with Crippen LogP contribution < -0.4 is 14.4 Å². The van der Waals surface area contributed by atoms with Crippen LogP contribution in [0.1, 0.15) is 34.7 Å². The SMILES string of the molecule is CCc1c(C)cc(C)cc1-c1cc(C)cc(C)c1OP1Oc2ccccc2-c2ccccc21. The molecule has 4 aromatic carbocycles. The average molecular weight is 453 g/mol. The summed E-state index contributed by atoms with van der Waals surface area (Å²) in [5.41, 5.74) is 11.1. The van der Waals surface area contributed by atoms with Crippen molar-refractivity contribution >= 4 is 13.7 Å². The third-order valence-corrected chi connectivity index (χ3v) is 7.81. The van der Waals surface area contributed by atoms with Gasteiger partial charge in [0.2, 0.25) is 0 Å². The van der Waals surface area contributed by atoms with E-state index in [1.54, 1.807) is 0 Å². The van der Waals surface area contributed by atoms with Crippen LogP contribution in [0.3, 0.4) is 0 Å². The molecule has 5 rings (SSSR count). The van der Waals surface area contributed by atoms with Crippen molar-refractivity contribution in [3.8, 4) is 33.8 Å². The van der Waals surface area contributed by atoms with Crippen molar-refractivity contribution in [2.45, 2.75) is 41.0 Å². The highest BCUT2D eigenvalue weighted by Gasteiger charge is 2.30. The highest BCUT2D eigenvalue weighted by atomic mass is 31.2. The zero-order valence-corrected chi connectivity index (χ0v) is 20.8. The standard InChI is InChI=1S/C30H29O2P/c1-6-23-21(4)15-19(2)17-26(23)27-18-20(3)16-22(5)30(27)32-33-29-14-10-8-12-25(29)24-11-7-9-13-28(24)31-33/h7-18H,6H2,1-5H3. The van der Waals surface area contributed by atoms with Gasteiger partial charge in [0.25, 0.3) is 0 Å². The molecule has 166 valence electrons. The van der Waals surface area contributed by atoms with Crippen LogP contribution in [0, 0.1) is 27.7 Å². The topological polar surface area (TPSA) is 18.5 Å². The van der Waals surface area contributed by atoms with Crippen LogP contribution in [0.2, 0.25) is 0 Å². The van der Waals surface area contributed by atoms with E-state index < -0.39 is 8.38 Å². The lowest BCUT2D eigenvalue weighted by atomic mass is 9.90. The molecule has 0 saturated heterocycles. The van der Waals surface area contributed by atoms with E-state index in [2.05, 4.69) is 95.3 Å². The van der Waals surface area contributed by atoms with Crippen molar-refractivity contribution in [3.05, 3.63) is 101 Å². The summed E-state index contributed by atoms with van der Waals surface area (Å²) in [6.45, 7) is 10.9. The number of hydrogen-bond acceptors (Lipinski definition) is 2. The Bertz CT molecular complexity index is 1360.